The van der Waals surface area contributed by atoms with Crippen molar-refractivity contribution < 1.29 is 4.74 Å². The lowest BCUT2D eigenvalue weighted by Gasteiger charge is -2.29. The first kappa shape index (κ1) is 13.3. The molecule has 2 aromatic rings. The van der Waals surface area contributed by atoms with E-state index in [-0.39, 0.29) is 6.23 Å². The maximum Gasteiger partial charge on any atom is 0.157 e. The highest BCUT2D eigenvalue weighted by atomic mass is 16.5. The number of methoxy groups -OCH3 is 1. The molecule has 5 heteroatoms. The summed E-state index contributed by atoms with van der Waals surface area (Å²) in [4.78, 5) is 10.2. The van der Waals surface area contributed by atoms with E-state index in [2.05, 4.69) is 22.1 Å². The summed E-state index contributed by atoms with van der Waals surface area (Å²) < 4.78 is 5.40. The van der Waals surface area contributed by atoms with E-state index < -0.39 is 0 Å². The minimum Gasteiger partial charge on any atom is -0.394 e. The second kappa shape index (κ2) is 6.15. The summed E-state index contributed by atoms with van der Waals surface area (Å²) >= 11 is 0. The van der Waals surface area contributed by atoms with Crippen molar-refractivity contribution in [2.75, 3.05) is 17.7 Å². The number of rotatable bonds is 5. The van der Waals surface area contributed by atoms with Crippen LogP contribution in [0.4, 0.5) is 11.5 Å². The van der Waals surface area contributed by atoms with Crippen LogP contribution < -0.4 is 10.6 Å². The molecule has 0 aliphatic carbocycles. The Kier molecular flexibility index (Phi) is 4.30. The van der Waals surface area contributed by atoms with Crippen molar-refractivity contribution in [1.82, 2.24) is 9.97 Å². The summed E-state index contributed by atoms with van der Waals surface area (Å²) in [6.45, 7) is 2.64. The number of nitrogens with zero attached hydrogens (tertiary/aromatic N) is 3. The van der Waals surface area contributed by atoms with Gasteiger partial charge in [-0.15, -0.1) is 0 Å². The minimum atomic E-state index is -0.127. The lowest BCUT2D eigenvalue weighted by molar-refractivity contribution is 0.112. The van der Waals surface area contributed by atoms with Crippen LogP contribution in [0, 0.1) is 0 Å². The Morgan fingerprint density at radius 2 is 2.05 bits per heavy atom. The van der Waals surface area contributed by atoms with E-state index in [0.29, 0.717) is 18.1 Å². The van der Waals surface area contributed by atoms with Crippen LogP contribution in [-0.2, 0) is 11.3 Å². The van der Waals surface area contributed by atoms with Crippen LogP contribution >= 0.6 is 0 Å². The molecular formula is C14H18N4O. The topological polar surface area (TPSA) is 64.3 Å². The van der Waals surface area contributed by atoms with Crippen LogP contribution in [-0.4, -0.2) is 23.3 Å². The summed E-state index contributed by atoms with van der Waals surface area (Å²) in [7, 11) is 1.67. The van der Waals surface area contributed by atoms with Gasteiger partial charge in [-0.3, -0.25) is 0 Å². The molecule has 1 atom stereocenters. The van der Waals surface area contributed by atoms with Crippen LogP contribution in [0.3, 0.4) is 0 Å². The minimum absolute atomic E-state index is 0.127. The Morgan fingerprint density at radius 1 is 1.32 bits per heavy atom. The molecule has 2 rings (SSSR count). The first-order chi connectivity index (χ1) is 9.22. The van der Waals surface area contributed by atoms with E-state index in [9.17, 15) is 0 Å². The summed E-state index contributed by atoms with van der Waals surface area (Å²) in [5, 5.41) is 0. The molecule has 0 aliphatic heterocycles. The van der Waals surface area contributed by atoms with Crippen molar-refractivity contribution in [1.29, 1.82) is 0 Å². The molecular weight excluding hydrogens is 240 g/mol. The second-order valence-electron chi connectivity index (χ2n) is 4.25. The first-order valence-electron chi connectivity index (χ1n) is 6.11. The molecule has 0 radical (unpaired) electrons. The van der Waals surface area contributed by atoms with Gasteiger partial charge < -0.3 is 15.4 Å². The van der Waals surface area contributed by atoms with Gasteiger partial charge in [-0.05, 0) is 12.5 Å². The number of hydrogen-bond acceptors (Lipinski definition) is 5. The molecule has 1 aromatic carbocycles. The smallest absolute Gasteiger partial charge is 0.157 e. The van der Waals surface area contributed by atoms with Crippen LogP contribution in [0.15, 0.2) is 42.9 Å². The molecule has 0 fully saturated rings. The molecule has 0 aliphatic rings. The van der Waals surface area contributed by atoms with Gasteiger partial charge in [0, 0.05) is 13.7 Å². The van der Waals surface area contributed by atoms with E-state index in [1.54, 1.807) is 13.3 Å². The van der Waals surface area contributed by atoms with Gasteiger partial charge in [-0.25, -0.2) is 9.97 Å². The van der Waals surface area contributed by atoms with Crippen molar-refractivity contribution in [2.45, 2.75) is 19.7 Å². The Bertz CT molecular complexity index is 518. The largest absolute Gasteiger partial charge is 0.394 e. The van der Waals surface area contributed by atoms with Crippen molar-refractivity contribution in [3.05, 3.63) is 48.4 Å². The number of hydrogen-bond donors (Lipinski definition) is 1. The number of ether oxygens (including phenoxy) is 1. The van der Waals surface area contributed by atoms with Crippen LogP contribution in [0.5, 0.6) is 0 Å². The molecule has 0 saturated heterocycles. The number of nitrogens with two attached hydrogens (primary N) is 1. The summed E-state index contributed by atoms with van der Waals surface area (Å²) in [5.41, 5.74) is 7.66. The van der Waals surface area contributed by atoms with Gasteiger partial charge in [0.15, 0.2) is 5.82 Å². The highest BCUT2D eigenvalue weighted by molar-refractivity contribution is 5.61. The monoisotopic (exact) mass is 258 g/mol. The molecule has 0 spiro atoms. The Balaban J connectivity index is 2.29. The Labute approximate surface area is 113 Å². The molecule has 100 valence electrons. The van der Waals surface area contributed by atoms with E-state index in [4.69, 9.17) is 10.5 Å². The van der Waals surface area contributed by atoms with E-state index in [1.807, 2.05) is 30.0 Å². The zero-order chi connectivity index (χ0) is 13.7. The van der Waals surface area contributed by atoms with Crippen molar-refractivity contribution in [3.63, 3.8) is 0 Å². The van der Waals surface area contributed by atoms with Gasteiger partial charge in [0.25, 0.3) is 0 Å². The van der Waals surface area contributed by atoms with Gasteiger partial charge in [-0.2, -0.15) is 0 Å². The predicted octanol–water partition coefficient (Wildman–Crippen LogP) is 2.06. The van der Waals surface area contributed by atoms with Gasteiger partial charge >= 0.3 is 0 Å². The molecule has 5 nitrogen and oxygen atoms in total. The van der Waals surface area contributed by atoms with Gasteiger partial charge in [0.1, 0.15) is 12.6 Å². The highest BCUT2D eigenvalue weighted by Gasteiger charge is 2.18. The van der Waals surface area contributed by atoms with Crippen LogP contribution in [0.25, 0.3) is 0 Å². The third-order valence-corrected chi connectivity index (χ3v) is 2.97. The maximum atomic E-state index is 5.95. The number of anilines is 2. The van der Waals surface area contributed by atoms with E-state index in [1.165, 1.54) is 11.9 Å². The van der Waals surface area contributed by atoms with Gasteiger partial charge in [0.2, 0.25) is 0 Å². The van der Waals surface area contributed by atoms with Crippen molar-refractivity contribution >= 4 is 11.5 Å². The average molecular weight is 258 g/mol. The number of aromatic nitrogens is 2. The third-order valence-electron chi connectivity index (χ3n) is 2.97. The average Bonchev–Trinajstić information content (AvgIpc) is 2.46. The fourth-order valence-corrected chi connectivity index (χ4v) is 1.86. The van der Waals surface area contributed by atoms with Crippen molar-refractivity contribution in [3.8, 4) is 0 Å². The second-order valence-corrected chi connectivity index (χ2v) is 4.25. The normalized spacial score (nSPS) is 12.1. The van der Waals surface area contributed by atoms with E-state index >= 15 is 0 Å². The lowest BCUT2D eigenvalue weighted by atomic mass is 10.2. The number of nitrogen functional groups attached to an aromatic ring is 1. The molecule has 0 saturated carbocycles. The fourth-order valence-electron chi connectivity index (χ4n) is 1.86. The predicted molar refractivity (Wildman–Crippen MR) is 75.5 cm³/mol. The maximum absolute atomic E-state index is 5.95. The van der Waals surface area contributed by atoms with Crippen molar-refractivity contribution in [2.24, 2.45) is 0 Å². The molecule has 1 heterocycles. The number of benzene rings is 1. The summed E-state index contributed by atoms with van der Waals surface area (Å²) in [5.74, 6) is 0.688. The van der Waals surface area contributed by atoms with Crippen LogP contribution in [0.1, 0.15) is 12.5 Å². The zero-order valence-electron chi connectivity index (χ0n) is 11.2. The fraction of sp³-hybridized carbons (Fsp3) is 0.286. The molecule has 1 unspecified atom stereocenters. The van der Waals surface area contributed by atoms with Gasteiger partial charge in [-0.1, -0.05) is 30.3 Å². The quantitative estimate of drug-likeness (QED) is 0.832. The molecule has 0 amide bonds. The zero-order valence-corrected chi connectivity index (χ0v) is 11.2. The van der Waals surface area contributed by atoms with E-state index in [0.717, 1.165) is 0 Å². The highest BCUT2D eigenvalue weighted by Crippen LogP contribution is 2.23. The SMILES string of the molecule is COC(C)N(Cc1ccccc1)c1ncncc1N. The van der Waals surface area contributed by atoms with Gasteiger partial charge in [0.05, 0.1) is 11.9 Å². The molecule has 0 bridgehead atoms. The summed E-state index contributed by atoms with van der Waals surface area (Å²) in [6.07, 6.45) is 2.96. The third kappa shape index (κ3) is 3.20. The molecule has 2 N–H and O–H groups in total. The summed E-state index contributed by atoms with van der Waals surface area (Å²) in [6, 6.07) is 10.1. The molecule has 1 aromatic heterocycles. The molecule has 19 heavy (non-hydrogen) atoms. The Morgan fingerprint density at radius 3 is 2.68 bits per heavy atom. The van der Waals surface area contributed by atoms with Crippen LogP contribution in [0.2, 0.25) is 0 Å². The first-order valence-corrected chi connectivity index (χ1v) is 6.11. The Hall–Kier alpha value is -2.14. The lowest BCUT2D eigenvalue weighted by Crippen LogP contribution is -2.35. The standard InChI is InChI=1S/C14H18N4O/c1-11(19-2)18(9-12-6-4-3-5-7-12)14-13(15)8-16-10-17-14/h3-8,10-11H,9,15H2,1-2H3.